The van der Waals surface area contributed by atoms with E-state index in [0.29, 0.717) is 0 Å². The van der Waals surface area contributed by atoms with Crippen LogP contribution < -0.4 is 9.64 Å². The van der Waals surface area contributed by atoms with E-state index in [4.69, 9.17) is 15.9 Å². The van der Waals surface area contributed by atoms with E-state index in [1.54, 1.807) is 7.11 Å². The van der Waals surface area contributed by atoms with Crippen molar-refractivity contribution in [2.75, 3.05) is 25.7 Å². The Balaban J connectivity index is 1.88. The van der Waals surface area contributed by atoms with Crippen molar-refractivity contribution >= 4 is 5.69 Å². The van der Waals surface area contributed by atoms with E-state index in [1.807, 2.05) is 12.1 Å². The van der Waals surface area contributed by atoms with Crippen LogP contribution in [0.25, 0.3) is 0 Å². The van der Waals surface area contributed by atoms with Gasteiger partial charge in [-0.2, -0.15) is 0 Å². The zero-order valence-corrected chi connectivity index (χ0v) is 15.0. The smallest absolute Gasteiger partial charge is 0.141 e. The molecule has 0 aliphatic carbocycles. The van der Waals surface area contributed by atoms with Gasteiger partial charge >= 0.3 is 0 Å². The number of rotatable bonds is 3. The molecule has 1 saturated heterocycles. The molecule has 0 aromatic heterocycles. The number of ether oxygens (including phenoxy) is 2. The number of aryl methyl sites for hydroxylation is 1. The van der Waals surface area contributed by atoms with Crippen LogP contribution in [0.1, 0.15) is 29.0 Å². The first-order valence-electron chi connectivity index (χ1n) is 8.67. The standard InChI is InChI=1S/C22H23NO2/c1-5-18(16-7-9-17(24-4)10-8-16)22-12-13-25-21(22)23(3)20-11-6-15(2)14-19(20)22/h1,6-11,14,18,21H,12-13H2,2-4H3/t18?,21-,22+/m0/s1. The van der Waals surface area contributed by atoms with Crippen LogP contribution in [0.3, 0.4) is 0 Å². The van der Waals surface area contributed by atoms with Gasteiger partial charge in [0.05, 0.1) is 25.0 Å². The maximum absolute atomic E-state index is 6.17. The third-order valence-corrected chi connectivity index (χ3v) is 5.75. The molecule has 1 fully saturated rings. The highest BCUT2D eigenvalue weighted by molar-refractivity contribution is 5.67. The van der Waals surface area contributed by atoms with E-state index >= 15 is 0 Å². The molecule has 0 N–H and O–H groups in total. The van der Waals surface area contributed by atoms with E-state index < -0.39 is 0 Å². The molecule has 4 rings (SSSR count). The van der Waals surface area contributed by atoms with E-state index in [1.165, 1.54) is 16.8 Å². The summed E-state index contributed by atoms with van der Waals surface area (Å²) < 4.78 is 11.5. The second-order valence-corrected chi connectivity index (χ2v) is 7.02. The Bertz CT molecular complexity index is 836. The highest BCUT2D eigenvalue weighted by Crippen LogP contribution is 2.57. The van der Waals surface area contributed by atoms with E-state index in [0.717, 1.165) is 24.3 Å². The number of nitrogens with zero attached hydrogens (tertiary/aromatic N) is 1. The highest BCUT2D eigenvalue weighted by atomic mass is 16.5. The average Bonchev–Trinajstić information content (AvgIpc) is 3.16. The monoisotopic (exact) mass is 333 g/mol. The van der Waals surface area contributed by atoms with E-state index in [-0.39, 0.29) is 17.6 Å². The minimum absolute atomic E-state index is 0.0209. The summed E-state index contributed by atoms with van der Waals surface area (Å²) >= 11 is 0. The largest absolute Gasteiger partial charge is 0.497 e. The van der Waals surface area contributed by atoms with Gasteiger partial charge in [0, 0.05) is 12.7 Å². The van der Waals surface area contributed by atoms with Gasteiger partial charge in [-0.05, 0) is 42.7 Å². The van der Waals surface area contributed by atoms with Crippen molar-refractivity contribution in [1.29, 1.82) is 0 Å². The molecule has 128 valence electrons. The molecule has 0 spiro atoms. The number of terminal acetylenes is 1. The zero-order chi connectivity index (χ0) is 17.6. The first kappa shape index (κ1) is 16.1. The Labute approximate surface area is 149 Å². The quantitative estimate of drug-likeness (QED) is 0.796. The molecular weight excluding hydrogens is 310 g/mol. The first-order chi connectivity index (χ1) is 12.1. The van der Waals surface area contributed by atoms with Gasteiger partial charge in [-0.1, -0.05) is 35.7 Å². The summed E-state index contributed by atoms with van der Waals surface area (Å²) in [6.45, 7) is 2.87. The molecular formula is C22H23NO2. The number of benzene rings is 2. The number of hydrogen-bond donors (Lipinski definition) is 0. The van der Waals surface area contributed by atoms with Gasteiger partial charge in [0.15, 0.2) is 0 Å². The van der Waals surface area contributed by atoms with E-state index in [9.17, 15) is 0 Å². The summed E-state index contributed by atoms with van der Waals surface area (Å²) in [5.41, 5.74) is 4.73. The normalized spacial score (nSPS) is 25.2. The SMILES string of the molecule is C#CC(c1ccc(OC)cc1)[C@@]12CCO[C@@H]1N(C)c1ccc(C)cc12. The van der Waals surface area contributed by atoms with Gasteiger partial charge in [0.25, 0.3) is 0 Å². The molecule has 0 amide bonds. The molecule has 0 saturated carbocycles. The van der Waals surface area contributed by atoms with Crippen molar-refractivity contribution in [2.24, 2.45) is 0 Å². The van der Waals surface area contributed by atoms with Gasteiger partial charge in [0.2, 0.25) is 0 Å². The Morgan fingerprint density at radius 2 is 2.04 bits per heavy atom. The van der Waals surface area contributed by atoms with Gasteiger partial charge in [-0.3, -0.25) is 0 Å². The number of fused-ring (bicyclic) bond motifs is 3. The lowest BCUT2D eigenvalue weighted by Crippen LogP contribution is -2.43. The Morgan fingerprint density at radius 1 is 1.28 bits per heavy atom. The van der Waals surface area contributed by atoms with Gasteiger partial charge < -0.3 is 14.4 Å². The van der Waals surface area contributed by atoms with Crippen molar-refractivity contribution < 1.29 is 9.47 Å². The minimum Gasteiger partial charge on any atom is -0.497 e. The van der Waals surface area contributed by atoms with Gasteiger partial charge in [-0.25, -0.2) is 0 Å². The Hall–Kier alpha value is -2.44. The predicted octanol–water partition coefficient (Wildman–Crippen LogP) is 3.85. The van der Waals surface area contributed by atoms with Crippen LogP contribution in [0.2, 0.25) is 0 Å². The number of hydrogen-bond acceptors (Lipinski definition) is 3. The molecule has 2 aliphatic rings. The van der Waals surface area contributed by atoms with Crippen molar-refractivity contribution in [3.8, 4) is 18.1 Å². The lowest BCUT2D eigenvalue weighted by Gasteiger charge is -2.36. The molecule has 2 aromatic carbocycles. The summed E-state index contributed by atoms with van der Waals surface area (Å²) in [6, 6.07) is 14.8. The average molecular weight is 333 g/mol. The summed E-state index contributed by atoms with van der Waals surface area (Å²) in [6.07, 6.45) is 7.00. The summed E-state index contributed by atoms with van der Waals surface area (Å²) in [5.74, 6) is 3.89. The summed E-state index contributed by atoms with van der Waals surface area (Å²) in [5, 5.41) is 0. The topological polar surface area (TPSA) is 21.7 Å². The highest BCUT2D eigenvalue weighted by Gasteiger charge is 2.58. The zero-order valence-electron chi connectivity index (χ0n) is 15.0. The van der Waals surface area contributed by atoms with Crippen molar-refractivity contribution in [2.45, 2.75) is 30.9 Å². The summed E-state index contributed by atoms with van der Waals surface area (Å²) in [7, 11) is 3.78. The van der Waals surface area contributed by atoms with Crippen LogP contribution in [-0.2, 0) is 10.2 Å². The maximum atomic E-state index is 6.17. The van der Waals surface area contributed by atoms with Crippen LogP contribution in [0, 0.1) is 19.3 Å². The third-order valence-electron chi connectivity index (χ3n) is 5.75. The molecule has 2 heterocycles. The molecule has 2 aliphatic heterocycles. The molecule has 3 heteroatoms. The van der Waals surface area contributed by atoms with Gasteiger partial charge in [-0.15, -0.1) is 6.42 Å². The Morgan fingerprint density at radius 3 is 2.72 bits per heavy atom. The maximum Gasteiger partial charge on any atom is 0.141 e. The van der Waals surface area contributed by atoms with Gasteiger partial charge in [0.1, 0.15) is 12.0 Å². The van der Waals surface area contributed by atoms with Crippen LogP contribution in [0.4, 0.5) is 5.69 Å². The second kappa shape index (κ2) is 5.82. The van der Waals surface area contributed by atoms with E-state index in [2.05, 4.69) is 55.1 Å². The molecule has 1 unspecified atom stereocenters. The van der Waals surface area contributed by atoms with Crippen LogP contribution >= 0.6 is 0 Å². The number of methoxy groups -OCH3 is 1. The van der Waals surface area contributed by atoms with Crippen molar-refractivity contribution in [3.63, 3.8) is 0 Å². The molecule has 0 bridgehead atoms. The second-order valence-electron chi connectivity index (χ2n) is 7.02. The first-order valence-corrected chi connectivity index (χ1v) is 8.67. The lowest BCUT2D eigenvalue weighted by molar-refractivity contribution is 0.0844. The van der Waals surface area contributed by atoms with Crippen molar-refractivity contribution in [3.05, 3.63) is 59.2 Å². The fourth-order valence-corrected chi connectivity index (χ4v) is 4.57. The van der Waals surface area contributed by atoms with Crippen molar-refractivity contribution in [1.82, 2.24) is 0 Å². The lowest BCUT2D eigenvalue weighted by atomic mass is 9.67. The number of likely N-dealkylation sites (N-methyl/N-ethyl adjacent to an activating group) is 1. The van der Waals surface area contributed by atoms with Crippen LogP contribution in [-0.4, -0.2) is 27.0 Å². The fraction of sp³-hybridized carbons (Fsp3) is 0.364. The predicted molar refractivity (Wildman–Crippen MR) is 100 cm³/mol. The number of anilines is 1. The molecule has 0 radical (unpaired) electrons. The van der Waals surface area contributed by atoms with Crippen LogP contribution in [0.15, 0.2) is 42.5 Å². The minimum atomic E-state index is -0.209. The van der Waals surface area contributed by atoms with Crippen LogP contribution in [0.5, 0.6) is 5.75 Å². The summed E-state index contributed by atoms with van der Waals surface area (Å²) in [4.78, 5) is 2.25. The fourth-order valence-electron chi connectivity index (χ4n) is 4.57. The molecule has 3 nitrogen and oxygen atoms in total. The molecule has 3 atom stereocenters. The molecule has 25 heavy (non-hydrogen) atoms. The molecule has 2 aromatic rings. The third kappa shape index (κ3) is 2.18. The Kier molecular flexibility index (Phi) is 3.74.